The number of rotatable bonds is 1. The van der Waals surface area contributed by atoms with Gasteiger partial charge in [0.15, 0.2) is 0 Å². The molecule has 2 nitrogen and oxygen atoms in total. The first-order chi connectivity index (χ1) is 17.6. The van der Waals surface area contributed by atoms with Crippen LogP contribution in [0.5, 0.6) is 0 Å². The van der Waals surface area contributed by atoms with Crippen molar-refractivity contribution in [3.63, 3.8) is 0 Å². The highest BCUT2D eigenvalue weighted by atomic mass is 19.1. The van der Waals surface area contributed by atoms with Gasteiger partial charge in [-0.15, -0.1) is 0 Å². The summed E-state index contributed by atoms with van der Waals surface area (Å²) in [7, 11) is 0. The van der Waals surface area contributed by atoms with Crippen LogP contribution in [0, 0.1) is 11.6 Å². The molecule has 0 aliphatic rings. The molecule has 0 fully saturated rings. The van der Waals surface area contributed by atoms with E-state index in [1.54, 1.807) is 12.1 Å². The smallest absolute Gasteiger partial charge is 0.143 e. The Morgan fingerprint density at radius 1 is 0.389 bits per heavy atom. The molecular formula is C32H16F2O2. The Labute approximate surface area is 202 Å². The molecule has 36 heavy (non-hydrogen) atoms. The lowest BCUT2D eigenvalue weighted by Crippen LogP contribution is -1.79. The summed E-state index contributed by atoms with van der Waals surface area (Å²) < 4.78 is 39.8. The molecule has 0 aliphatic carbocycles. The van der Waals surface area contributed by atoms with Gasteiger partial charge in [-0.25, -0.2) is 8.78 Å². The maximum Gasteiger partial charge on any atom is 0.143 e. The predicted octanol–water partition coefficient (Wildman–Crippen LogP) is 9.74. The molecule has 0 aliphatic heterocycles. The van der Waals surface area contributed by atoms with E-state index in [9.17, 15) is 8.78 Å². The molecule has 8 rings (SSSR count). The van der Waals surface area contributed by atoms with Crippen LogP contribution >= 0.6 is 0 Å². The fourth-order valence-electron chi connectivity index (χ4n) is 5.43. The van der Waals surface area contributed by atoms with Crippen molar-refractivity contribution in [1.29, 1.82) is 0 Å². The Morgan fingerprint density at radius 3 is 1.31 bits per heavy atom. The monoisotopic (exact) mass is 470 g/mol. The van der Waals surface area contributed by atoms with Crippen LogP contribution in [0.15, 0.2) is 106 Å². The van der Waals surface area contributed by atoms with Crippen LogP contribution in [-0.2, 0) is 0 Å². The Kier molecular flexibility index (Phi) is 3.77. The number of hydrogen-bond donors (Lipinski definition) is 0. The Morgan fingerprint density at radius 2 is 0.833 bits per heavy atom. The summed E-state index contributed by atoms with van der Waals surface area (Å²) in [6.45, 7) is 0. The van der Waals surface area contributed by atoms with E-state index in [0.29, 0.717) is 0 Å². The molecule has 4 heteroatoms. The van der Waals surface area contributed by atoms with Crippen LogP contribution in [0.25, 0.3) is 76.5 Å². The summed E-state index contributed by atoms with van der Waals surface area (Å²) in [6.07, 6.45) is 0. The van der Waals surface area contributed by atoms with Crippen LogP contribution in [0.3, 0.4) is 0 Å². The van der Waals surface area contributed by atoms with Crippen molar-refractivity contribution in [2.75, 3.05) is 0 Å². The van der Waals surface area contributed by atoms with Gasteiger partial charge in [0.1, 0.15) is 34.0 Å². The normalized spacial score (nSPS) is 12.2. The molecule has 0 amide bonds. The van der Waals surface area contributed by atoms with E-state index in [1.807, 2.05) is 48.5 Å². The Hall–Kier alpha value is -4.70. The van der Waals surface area contributed by atoms with E-state index in [1.165, 1.54) is 24.3 Å². The quantitative estimate of drug-likeness (QED) is 0.239. The van der Waals surface area contributed by atoms with Gasteiger partial charge in [-0.3, -0.25) is 0 Å². The van der Waals surface area contributed by atoms with Crippen molar-refractivity contribution in [2.24, 2.45) is 0 Å². The van der Waals surface area contributed by atoms with E-state index in [4.69, 9.17) is 8.83 Å². The highest BCUT2D eigenvalue weighted by molar-refractivity contribution is 6.17. The van der Waals surface area contributed by atoms with Gasteiger partial charge in [-0.2, -0.15) is 0 Å². The molecule has 0 saturated carbocycles. The first-order valence-corrected chi connectivity index (χ1v) is 11.7. The molecule has 0 saturated heterocycles. The second kappa shape index (κ2) is 6.92. The van der Waals surface area contributed by atoms with Crippen molar-refractivity contribution in [3.05, 3.63) is 109 Å². The van der Waals surface area contributed by atoms with E-state index in [2.05, 4.69) is 12.1 Å². The zero-order valence-corrected chi connectivity index (χ0v) is 18.8. The summed E-state index contributed by atoms with van der Waals surface area (Å²) in [4.78, 5) is 0. The summed E-state index contributed by atoms with van der Waals surface area (Å²) in [5.41, 5.74) is 5.23. The Balaban J connectivity index is 1.33. The minimum absolute atomic E-state index is 0.262. The SMILES string of the molecule is Fc1ccc2c(ccc3c4cc(-c5ccc6oc7c8ccc(F)cc8ccc7c6c5)ccc4oc23)c1. The molecule has 0 radical (unpaired) electrons. The summed E-state index contributed by atoms with van der Waals surface area (Å²) >= 11 is 0. The molecule has 0 spiro atoms. The first kappa shape index (κ1) is 19.6. The zero-order chi connectivity index (χ0) is 24.0. The van der Waals surface area contributed by atoms with Crippen molar-refractivity contribution in [2.45, 2.75) is 0 Å². The van der Waals surface area contributed by atoms with Crippen LogP contribution in [0.1, 0.15) is 0 Å². The van der Waals surface area contributed by atoms with Gasteiger partial charge < -0.3 is 8.83 Å². The van der Waals surface area contributed by atoms with Gasteiger partial charge in [0.05, 0.1) is 0 Å². The number of benzene rings is 6. The van der Waals surface area contributed by atoms with E-state index >= 15 is 0 Å². The maximum absolute atomic E-state index is 13.7. The number of halogens is 2. The molecule has 2 aromatic heterocycles. The topological polar surface area (TPSA) is 26.3 Å². The van der Waals surface area contributed by atoms with Crippen LogP contribution < -0.4 is 0 Å². The van der Waals surface area contributed by atoms with Gasteiger partial charge in [-0.05, 0) is 94.7 Å². The third-order valence-electron chi connectivity index (χ3n) is 7.16. The highest BCUT2D eigenvalue weighted by Crippen LogP contribution is 2.39. The molecule has 6 aromatic carbocycles. The van der Waals surface area contributed by atoms with Gasteiger partial charge in [0.25, 0.3) is 0 Å². The highest BCUT2D eigenvalue weighted by Gasteiger charge is 2.14. The van der Waals surface area contributed by atoms with Crippen LogP contribution in [-0.4, -0.2) is 0 Å². The van der Waals surface area contributed by atoms with E-state index in [-0.39, 0.29) is 11.6 Å². The molecule has 0 bridgehead atoms. The molecule has 0 N–H and O–H groups in total. The van der Waals surface area contributed by atoms with Gasteiger partial charge in [-0.1, -0.05) is 24.3 Å². The molecule has 170 valence electrons. The molecule has 0 atom stereocenters. The molecule has 8 aromatic rings. The average molecular weight is 470 g/mol. The van der Waals surface area contributed by atoms with Crippen LogP contribution in [0.2, 0.25) is 0 Å². The summed E-state index contributed by atoms with van der Waals surface area (Å²) in [6, 6.07) is 29.7. The Bertz CT molecular complexity index is 2030. The minimum atomic E-state index is -0.262. The summed E-state index contributed by atoms with van der Waals surface area (Å²) in [5.74, 6) is -0.523. The first-order valence-electron chi connectivity index (χ1n) is 11.7. The third kappa shape index (κ3) is 2.70. The van der Waals surface area contributed by atoms with Gasteiger partial charge in [0, 0.05) is 32.3 Å². The largest absolute Gasteiger partial charge is 0.455 e. The molecular weight excluding hydrogens is 454 g/mol. The standard InChI is InChI=1S/C32H16F2O2/c33-21-5-9-23-19(13-21)1-7-25-27-15-17(3-11-29(27)35-31(23)25)18-4-12-30-28(16-18)26-8-2-20-14-22(34)6-10-24(20)32(26)36-30/h1-16H. The van der Waals surface area contributed by atoms with E-state index < -0.39 is 0 Å². The minimum Gasteiger partial charge on any atom is -0.455 e. The second-order valence-corrected chi connectivity index (χ2v) is 9.24. The fourth-order valence-corrected chi connectivity index (χ4v) is 5.43. The fraction of sp³-hybridized carbons (Fsp3) is 0. The number of hydrogen-bond acceptors (Lipinski definition) is 2. The predicted molar refractivity (Wildman–Crippen MR) is 141 cm³/mol. The number of furan rings is 2. The zero-order valence-electron chi connectivity index (χ0n) is 18.8. The second-order valence-electron chi connectivity index (χ2n) is 9.24. The van der Waals surface area contributed by atoms with Crippen molar-refractivity contribution >= 4 is 65.4 Å². The lowest BCUT2D eigenvalue weighted by atomic mass is 9.99. The summed E-state index contributed by atoms with van der Waals surface area (Å²) in [5, 5.41) is 7.44. The maximum atomic E-state index is 13.7. The average Bonchev–Trinajstić information content (AvgIpc) is 3.45. The molecule has 0 unspecified atom stereocenters. The van der Waals surface area contributed by atoms with Crippen molar-refractivity contribution in [1.82, 2.24) is 0 Å². The van der Waals surface area contributed by atoms with Gasteiger partial charge in [0.2, 0.25) is 0 Å². The lowest BCUT2D eigenvalue weighted by molar-refractivity contribution is 0.629. The van der Waals surface area contributed by atoms with Gasteiger partial charge >= 0.3 is 0 Å². The van der Waals surface area contributed by atoms with Crippen LogP contribution in [0.4, 0.5) is 8.78 Å². The third-order valence-corrected chi connectivity index (χ3v) is 7.16. The number of fused-ring (bicyclic) bond motifs is 10. The lowest BCUT2D eigenvalue weighted by Gasteiger charge is -2.03. The molecule has 2 heterocycles. The van der Waals surface area contributed by atoms with E-state index in [0.717, 1.165) is 76.5 Å². The van der Waals surface area contributed by atoms with Crippen molar-refractivity contribution < 1.29 is 17.6 Å². The van der Waals surface area contributed by atoms with Crippen molar-refractivity contribution in [3.8, 4) is 11.1 Å².